The number of imide groups is 1. The molecule has 0 atom stereocenters. The molecule has 24 heteroatoms. The number of hydrogen-bond acceptors (Lipinski definition) is 23. The lowest BCUT2D eigenvalue weighted by atomic mass is 9.87. The van der Waals surface area contributed by atoms with E-state index >= 15 is 19.2 Å². The first-order valence-electron chi connectivity index (χ1n) is 46.6. The first kappa shape index (κ1) is 91.9. The van der Waals surface area contributed by atoms with Crippen LogP contribution in [0.1, 0.15) is 199 Å². The summed E-state index contributed by atoms with van der Waals surface area (Å²) in [5, 5.41) is 36.3. The minimum absolute atomic E-state index is 0.0198. The molecule has 2 aliphatic heterocycles. The average Bonchev–Trinajstić information content (AvgIpc) is 1.45. The van der Waals surface area contributed by atoms with Gasteiger partial charge in [0.2, 0.25) is 47.1 Å². The smallest absolute Gasteiger partial charge is 0.338 e. The first-order valence-corrected chi connectivity index (χ1v) is 46.6. The van der Waals surface area contributed by atoms with E-state index in [4.69, 9.17) is 46.1 Å². The maximum absolute atomic E-state index is 15.4. The van der Waals surface area contributed by atoms with Crippen LogP contribution in [0.4, 0.5) is 11.4 Å². The van der Waals surface area contributed by atoms with Crippen LogP contribution >= 0.6 is 0 Å². The van der Waals surface area contributed by atoms with Crippen LogP contribution in [0.2, 0.25) is 0 Å². The molecule has 0 saturated carbocycles. The first-order chi connectivity index (χ1) is 66.9. The molecule has 0 N–H and O–H groups in total. The van der Waals surface area contributed by atoms with Crippen molar-refractivity contribution in [2.75, 3.05) is 22.9 Å². The topological polar surface area (TPSA) is 286 Å². The number of esters is 2. The number of ether oxygens (including phenoxy) is 6. The maximum Gasteiger partial charge on any atom is 0.338 e. The second kappa shape index (κ2) is 38.5. The number of hydrogen-bond donors (Lipinski definition) is 0. The molecule has 139 heavy (non-hydrogen) atoms. The van der Waals surface area contributed by atoms with Gasteiger partial charge in [-0.05, 0) is 254 Å². The molecule has 0 radical (unpaired) electrons. The van der Waals surface area contributed by atoms with Crippen molar-refractivity contribution in [3.05, 3.63) is 357 Å². The number of carbonyl (C=O) groups excluding carboxylic acids is 4. The number of aromatic nitrogens is 8. The third kappa shape index (κ3) is 20.9. The molecule has 2 amide bonds. The van der Waals surface area contributed by atoms with Gasteiger partial charge < -0.3 is 51.0 Å². The van der Waals surface area contributed by atoms with Gasteiger partial charge in [0.05, 0.1) is 16.8 Å². The predicted molar refractivity (Wildman–Crippen MR) is 532 cm³/mol. The Kier molecular flexibility index (Phi) is 25.4. The molecular formula is C115H104N10O14. The third-order valence-electron chi connectivity index (χ3n) is 25.0. The van der Waals surface area contributed by atoms with Gasteiger partial charge >= 0.3 is 11.9 Å². The van der Waals surface area contributed by atoms with E-state index in [0.717, 1.165) is 92.8 Å². The van der Waals surface area contributed by atoms with Gasteiger partial charge in [-0.15, -0.1) is 40.8 Å². The molecule has 1 saturated heterocycles. The zero-order chi connectivity index (χ0) is 96.4. The van der Waals surface area contributed by atoms with Gasteiger partial charge in [-0.3, -0.25) is 9.59 Å². The second-order valence-electron chi connectivity index (χ2n) is 39.3. The zero-order valence-corrected chi connectivity index (χ0v) is 79.5. The number of anilines is 2. The Morgan fingerprint density at radius 2 is 0.568 bits per heavy atom. The van der Waals surface area contributed by atoms with Crippen LogP contribution < -0.4 is 28.7 Å². The molecule has 17 aromatic rings. The molecule has 0 bridgehead atoms. The van der Waals surface area contributed by atoms with Crippen molar-refractivity contribution >= 4 is 45.9 Å². The fourth-order valence-electron chi connectivity index (χ4n) is 16.8. The highest BCUT2D eigenvalue weighted by Crippen LogP contribution is 2.42. The van der Waals surface area contributed by atoms with Crippen molar-refractivity contribution in [3.8, 4) is 115 Å². The molecule has 19 rings (SSSR count). The predicted octanol–water partition coefficient (Wildman–Crippen LogP) is 25.7. The summed E-state index contributed by atoms with van der Waals surface area (Å²) in [4.78, 5) is 64.5. The Labute approximate surface area is 805 Å². The lowest BCUT2D eigenvalue weighted by Gasteiger charge is -2.32. The maximum atomic E-state index is 15.4. The van der Waals surface area contributed by atoms with E-state index in [9.17, 15) is 0 Å². The molecule has 2 aliphatic rings. The molecular weight excluding hydrogens is 1750 g/mol. The summed E-state index contributed by atoms with van der Waals surface area (Å²) >= 11 is 0. The highest BCUT2D eigenvalue weighted by atomic mass is 16.5. The number of amides is 2. The number of benzene rings is 13. The minimum Gasteiger partial charge on any atom is -0.489 e. The van der Waals surface area contributed by atoms with E-state index < -0.39 is 23.8 Å². The van der Waals surface area contributed by atoms with Crippen LogP contribution in [0.5, 0.6) is 23.0 Å². The summed E-state index contributed by atoms with van der Waals surface area (Å²) < 4.78 is 63.5. The highest BCUT2D eigenvalue weighted by molar-refractivity contribution is 6.36. The molecule has 24 nitrogen and oxygen atoms in total. The van der Waals surface area contributed by atoms with Gasteiger partial charge in [0.15, 0.2) is 0 Å². The Bertz CT molecular complexity index is 6660. The van der Waals surface area contributed by atoms with Crippen molar-refractivity contribution in [2.45, 2.75) is 164 Å². The summed E-state index contributed by atoms with van der Waals surface area (Å²) in [5.74, 6) is 1.41. The monoisotopic (exact) mass is 1850 g/mol. The fraction of sp³-hybridized carbons (Fsp3) is 0.235. The van der Waals surface area contributed by atoms with Gasteiger partial charge in [0.1, 0.15) is 62.6 Å². The Balaban J connectivity index is 0.600. The van der Waals surface area contributed by atoms with Crippen molar-refractivity contribution in [1.82, 2.24) is 40.8 Å². The second-order valence-corrected chi connectivity index (χ2v) is 39.3. The normalized spacial score (nSPS) is 13.0. The third-order valence-corrected chi connectivity index (χ3v) is 25.0. The van der Waals surface area contributed by atoms with E-state index in [2.05, 4.69) is 177 Å². The summed E-state index contributed by atoms with van der Waals surface area (Å²) in [5.41, 5.74) is 16.0. The van der Waals surface area contributed by atoms with Crippen molar-refractivity contribution in [2.24, 2.45) is 0 Å². The summed E-state index contributed by atoms with van der Waals surface area (Å²) in [6, 6.07) is 86.4. The number of nitrogens with zero attached hydrogens (tertiary/aromatic N) is 10. The fourth-order valence-corrected chi connectivity index (χ4v) is 16.8. The van der Waals surface area contributed by atoms with Crippen molar-refractivity contribution < 1.29 is 65.3 Å². The zero-order valence-electron chi connectivity index (χ0n) is 79.5. The SMILES string of the molecule is CC(C)(C)c1ccc(-c2nnc(-c3ccc(COc4cc(COC(=O)c5cc(C(=O)OCc6cc(OCc7ccc(-c8nnc(-c9ccc(C(C)(C)C)cc9)o8)cc7)cc(OCc7ccc(-c8nnc(-c9ccc(C(C)(C)C)cc9)o8)cc7)c6)cc(N6C(=O)c7cccc8c(N9CCCCC9)ccc(c78)C6=O)c5)cc(OCc5ccc(-c6nnc(-c7ccc(C(C)(C)C)cc7)o6)cc5)c4)cc3)o2)cc1. The number of piperidine rings is 1. The molecule has 13 aromatic carbocycles. The van der Waals surface area contributed by atoms with Crippen LogP contribution in [-0.4, -0.2) is 77.6 Å². The summed E-state index contributed by atoms with van der Waals surface area (Å²) in [7, 11) is 0. The molecule has 6 heterocycles. The van der Waals surface area contributed by atoms with Gasteiger partial charge in [0, 0.05) is 97.3 Å². The van der Waals surface area contributed by atoms with Crippen LogP contribution in [0.3, 0.4) is 0 Å². The number of carbonyl (C=O) groups is 4. The van der Waals surface area contributed by atoms with Crippen LogP contribution in [0.25, 0.3) is 102 Å². The lowest BCUT2D eigenvalue weighted by Crippen LogP contribution is -2.41. The Morgan fingerprint density at radius 1 is 0.295 bits per heavy atom. The van der Waals surface area contributed by atoms with Crippen LogP contribution in [-0.2, 0) is 70.8 Å². The summed E-state index contributed by atoms with van der Waals surface area (Å²) in [6.45, 7) is 27.4. The number of rotatable bonds is 28. The summed E-state index contributed by atoms with van der Waals surface area (Å²) in [6.07, 6.45) is 3.13. The van der Waals surface area contributed by atoms with Crippen LogP contribution in [0.15, 0.2) is 297 Å². The van der Waals surface area contributed by atoms with E-state index in [-0.39, 0.29) is 89.2 Å². The molecule has 4 aromatic heterocycles. The largest absolute Gasteiger partial charge is 0.489 e. The molecule has 0 aliphatic carbocycles. The van der Waals surface area contributed by atoms with Gasteiger partial charge in [-0.25, -0.2) is 14.5 Å². The highest BCUT2D eigenvalue weighted by Gasteiger charge is 2.37. The van der Waals surface area contributed by atoms with E-state index in [1.54, 1.807) is 54.6 Å². The van der Waals surface area contributed by atoms with Crippen LogP contribution in [0, 0.1) is 0 Å². The Hall–Kier alpha value is -16.2. The molecule has 0 spiro atoms. The van der Waals surface area contributed by atoms with E-state index in [0.29, 0.717) is 109 Å². The van der Waals surface area contributed by atoms with Gasteiger partial charge in [-0.1, -0.05) is 192 Å². The standard InChI is InChI=1S/C115H104N10O14/c1-112(2,3)86-43-35-80(36-44-86)104-120-116-100(136-104)76-27-19-70(20-28-76)64-130-91-55-74(56-92(62-91)131-65-71-21-29-77(30-22-71)101-117-121-105(137-101)81-37-45-87(46-38-81)113(4,5)6)68-134-110(128)84-59-85(61-90(60-84)125-108(126)96-18-16-17-95-98(124-53-14-13-15-54-124)52-51-97(99(95)96)109(125)127)111(129)135-69-75-57-93(132-66-72-23-31-78(32-24-72)102-118-122-106(138-102)82-39-47-88(48-40-82)114(7,8)9)63-94(58-75)133-67-73-25-33-79(34-26-73)103-119-123-107(139-103)83-41-49-89(50-42-83)115(10,11)12/h16-52,55-63H,13-15,53-54,64-69H2,1-12H3. The van der Waals surface area contributed by atoms with E-state index in [1.807, 2.05) is 158 Å². The minimum atomic E-state index is -0.909. The molecule has 698 valence electrons. The lowest BCUT2D eigenvalue weighted by molar-refractivity contribution is 0.0468. The van der Waals surface area contributed by atoms with Crippen molar-refractivity contribution in [1.29, 1.82) is 0 Å². The Morgan fingerprint density at radius 3 is 0.849 bits per heavy atom. The van der Waals surface area contributed by atoms with E-state index in [1.165, 1.54) is 40.5 Å². The van der Waals surface area contributed by atoms with Gasteiger partial charge in [0.25, 0.3) is 11.8 Å². The molecule has 1 fully saturated rings. The van der Waals surface area contributed by atoms with Gasteiger partial charge in [-0.2, -0.15) is 0 Å². The average molecular weight is 1850 g/mol. The van der Waals surface area contributed by atoms with Crippen molar-refractivity contribution in [3.63, 3.8) is 0 Å². The molecule has 0 unspecified atom stereocenters. The quantitative estimate of drug-likeness (QED) is 0.0325.